The molecule has 0 aliphatic carbocycles. The van der Waals surface area contributed by atoms with Crippen LogP contribution in [0.2, 0.25) is 0 Å². The highest BCUT2D eigenvalue weighted by Crippen LogP contribution is 2.42. The molecule has 160 valence electrons. The van der Waals surface area contributed by atoms with Crippen molar-refractivity contribution < 1.29 is 19.0 Å². The summed E-state index contributed by atoms with van der Waals surface area (Å²) in [5, 5.41) is 14.9. The molecule has 9 nitrogen and oxygen atoms in total. The lowest BCUT2D eigenvalue weighted by molar-refractivity contribution is -0.140. The number of carbonyl (C=O) groups excluding carboxylic acids is 1. The van der Waals surface area contributed by atoms with Gasteiger partial charge in [-0.25, -0.2) is 4.79 Å². The van der Waals surface area contributed by atoms with E-state index >= 15 is 0 Å². The van der Waals surface area contributed by atoms with Gasteiger partial charge in [-0.1, -0.05) is 35.4 Å². The minimum atomic E-state index is -0.620. The predicted molar refractivity (Wildman–Crippen MR) is 116 cm³/mol. The van der Waals surface area contributed by atoms with Crippen LogP contribution in [0, 0.1) is 0 Å². The summed E-state index contributed by atoms with van der Waals surface area (Å²) in [7, 11) is 3.11. The highest BCUT2D eigenvalue weighted by molar-refractivity contribution is 9.10. The van der Waals surface area contributed by atoms with Crippen LogP contribution in [0.4, 0.5) is 5.95 Å². The van der Waals surface area contributed by atoms with Crippen molar-refractivity contribution in [3.63, 3.8) is 0 Å². The van der Waals surface area contributed by atoms with E-state index in [9.17, 15) is 4.79 Å². The molecule has 1 aliphatic rings. The van der Waals surface area contributed by atoms with Gasteiger partial charge in [0.25, 0.3) is 0 Å². The number of allylic oxidation sites excluding steroid dienone is 1. The Labute approximate surface area is 187 Å². The molecule has 2 aromatic carbocycles. The van der Waals surface area contributed by atoms with Crippen molar-refractivity contribution in [2.24, 2.45) is 0 Å². The van der Waals surface area contributed by atoms with E-state index in [-0.39, 0.29) is 6.61 Å². The minimum Gasteiger partial charge on any atom is -0.493 e. The van der Waals surface area contributed by atoms with Gasteiger partial charge in [0.1, 0.15) is 12.6 Å². The Hall–Kier alpha value is -3.40. The normalized spacial score (nSPS) is 15.2. The van der Waals surface area contributed by atoms with Gasteiger partial charge in [-0.2, -0.15) is 4.68 Å². The van der Waals surface area contributed by atoms with Crippen LogP contribution in [-0.2, 0) is 16.1 Å². The topological polar surface area (TPSA) is 100 Å². The molecular weight excluding hydrogens is 466 g/mol. The second-order valence-corrected chi connectivity index (χ2v) is 7.67. The first-order valence-corrected chi connectivity index (χ1v) is 10.2. The van der Waals surface area contributed by atoms with Gasteiger partial charge < -0.3 is 19.5 Å². The molecule has 3 aromatic rings. The molecule has 0 fully saturated rings. The molecule has 4 rings (SSSR count). The lowest BCUT2D eigenvalue weighted by atomic mass is 9.95. The zero-order chi connectivity index (χ0) is 22.0. The van der Waals surface area contributed by atoms with Gasteiger partial charge >= 0.3 is 5.97 Å². The monoisotopic (exact) mass is 485 g/mol. The summed E-state index contributed by atoms with van der Waals surface area (Å²) in [6.45, 7) is 1.95. The number of hydrogen-bond donors (Lipinski definition) is 1. The lowest BCUT2D eigenvalue weighted by Crippen LogP contribution is -2.29. The number of hydrogen-bond acceptors (Lipinski definition) is 8. The average Bonchev–Trinajstić information content (AvgIpc) is 3.24. The number of benzene rings is 2. The van der Waals surface area contributed by atoms with E-state index in [4.69, 9.17) is 14.2 Å². The number of carbonyl (C=O) groups is 1. The molecule has 1 atom stereocenters. The van der Waals surface area contributed by atoms with E-state index in [0.29, 0.717) is 33.2 Å². The van der Waals surface area contributed by atoms with Gasteiger partial charge in [-0.05, 0) is 56.5 Å². The van der Waals surface area contributed by atoms with Crippen molar-refractivity contribution in [3.8, 4) is 11.5 Å². The van der Waals surface area contributed by atoms with Crippen LogP contribution in [0.5, 0.6) is 11.5 Å². The number of nitrogens with zero attached hydrogens (tertiary/aromatic N) is 4. The van der Waals surface area contributed by atoms with Crippen molar-refractivity contribution in [1.82, 2.24) is 20.2 Å². The zero-order valence-electron chi connectivity index (χ0n) is 17.1. The molecule has 2 heterocycles. The van der Waals surface area contributed by atoms with E-state index in [1.807, 2.05) is 36.4 Å². The van der Waals surface area contributed by atoms with E-state index in [2.05, 4.69) is 36.8 Å². The smallest absolute Gasteiger partial charge is 0.338 e. The highest BCUT2D eigenvalue weighted by Gasteiger charge is 2.36. The van der Waals surface area contributed by atoms with Crippen LogP contribution < -0.4 is 14.8 Å². The maximum absolute atomic E-state index is 13.2. The Kier molecular flexibility index (Phi) is 5.90. The molecule has 0 bridgehead atoms. The fraction of sp³-hybridized carbons (Fsp3) is 0.238. The molecule has 0 amide bonds. The van der Waals surface area contributed by atoms with Crippen molar-refractivity contribution in [2.75, 3.05) is 19.5 Å². The predicted octanol–water partition coefficient (Wildman–Crippen LogP) is 3.49. The standard InChI is InChI=1S/C21H20BrN5O4/c1-12-17(20(28)31-11-13-7-5-4-6-8-13)18(27-21(23-12)24-25-26-27)14-9-15(22)19(30-3)16(10-14)29-2/h4-10,18H,11H2,1-3H3,(H,23,24,26). The van der Waals surface area contributed by atoms with Gasteiger partial charge in [-0.3, -0.25) is 0 Å². The quantitative estimate of drug-likeness (QED) is 0.529. The molecule has 1 unspecified atom stereocenters. The Morgan fingerprint density at radius 2 is 1.97 bits per heavy atom. The van der Waals surface area contributed by atoms with Crippen molar-refractivity contribution in [3.05, 3.63) is 69.3 Å². The molecule has 0 spiro atoms. The second-order valence-electron chi connectivity index (χ2n) is 6.81. The Bertz CT molecular complexity index is 1150. The van der Waals surface area contributed by atoms with E-state index in [0.717, 1.165) is 11.1 Å². The number of ether oxygens (including phenoxy) is 3. The number of aromatic nitrogens is 4. The van der Waals surface area contributed by atoms with Crippen LogP contribution in [0.1, 0.15) is 24.1 Å². The number of anilines is 1. The summed E-state index contributed by atoms with van der Waals surface area (Å²) in [4.78, 5) is 13.2. The number of methoxy groups -OCH3 is 2. The molecule has 31 heavy (non-hydrogen) atoms. The first-order chi connectivity index (χ1) is 15.0. The fourth-order valence-corrected chi connectivity index (χ4v) is 4.10. The van der Waals surface area contributed by atoms with Crippen LogP contribution in [-0.4, -0.2) is 40.4 Å². The Morgan fingerprint density at radius 3 is 2.68 bits per heavy atom. The van der Waals surface area contributed by atoms with Gasteiger partial charge in [0, 0.05) is 5.70 Å². The Morgan fingerprint density at radius 1 is 1.19 bits per heavy atom. The number of esters is 1. The minimum absolute atomic E-state index is 0.154. The Balaban J connectivity index is 1.75. The second kappa shape index (κ2) is 8.76. The fourth-order valence-electron chi connectivity index (χ4n) is 3.48. The molecule has 1 aromatic heterocycles. The van der Waals surface area contributed by atoms with Crippen molar-refractivity contribution in [2.45, 2.75) is 19.6 Å². The van der Waals surface area contributed by atoms with E-state index in [1.165, 1.54) is 0 Å². The summed E-state index contributed by atoms with van der Waals surface area (Å²) in [6, 6.07) is 12.5. The summed E-state index contributed by atoms with van der Waals surface area (Å²) in [6.07, 6.45) is 0. The van der Waals surface area contributed by atoms with Gasteiger partial charge in [0.2, 0.25) is 5.95 Å². The van der Waals surface area contributed by atoms with Gasteiger partial charge in [-0.15, -0.1) is 0 Å². The van der Waals surface area contributed by atoms with Crippen molar-refractivity contribution >= 4 is 27.8 Å². The maximum Gasteiger partial charge on any atom is 0.338 e. The molecule has 0 radical (unpaired) electrons. The van der Waals surface area contributed by atoms with E-state index in [1.54, 1.807) is 31.9 Å². The first kappa shape index (κ1) is 20.9. The van der Waals surface area contributed by atoms with Gasteiger partial charge in [0.15, 0.2) is 11.5 Å². The average molecular weight is 486 g/mol. The highest BCUT2D eigenvalue weighted by atomic mass is 79.9. The lowest BCUT2D eigenvalue weighted by Gasteiger charge is -2.28. The third-order valence-corrected chi connectivity index (χ3v) is 5.51. The number of tetrazole rings is 1. The van der Waals surface area contributed by atoms with Crippen molar-refractivity contribution in [1.29, 1.82) is 0 Å². The molecule has 0 saturated carbocycles. The number of halogens is 1. The van der Waals surface area contributed by atoms with Gasteiger partial charge in [0.05, 0.1) is 24.3 Å². The van der Waals surface area contributed by atoms with E-state index < -0.39 is 12.0 Å². The zero-order valence-corrected chi connectivity index (χ0v) is 18.7. The summed E-state index contributed by atoms with van der Waals surface area (Å²) in [5.41, 5.74) is 2.63. The van der Waals surface area contributed by atoms with Crippen LogP contribution in [0.3, 0.4) is 0 Å². The summed E-state index contributed by atoms with van der Waals surface area (Å²) >= 11 is 3.52. The maximum atomic E-state index is 13.2. The van der Waals surface area contributed by atoms with Crippen LogP contribution >= 0.6 is 15.9 Å². The molecule has 1 aliphatic heterocycles. The van der Waals surface area contributed by atoms with Crippen LogP contribution in [0.15, 0.2) is 58.2 Å². The molecule has 1 N–H and O–H groups in total. The first-order valence-electron chi connectivity index (χ1n) is 9.41. The summed E-state index contributed by atoms with van der Waals surface area (Å²) in [5.74, 6) is 1.01. The number of fused-ring (bicyclic) bond motifs is 1. The largest absolute Gasteiger partial charge is 0.493 e. The number of nitrogens with one attached hydrogen (secondary N) is 1. The SMILES string of the molecule is COc1cc(C2C(C(=O)OCc3ccccc3)=C(C)Nc3nnnn32)cc(Br)c1OC. The molecule has 10 heteroatoms. The third-order valence-electron chi connectivity index (χ3n) is 4.92. The number of rotatable bonds is 6. The molecule has 0 saturated heterocycles. The third kappa shape index (κ3) is 3.98. The molecular formula is C21H20BrN5O4. The summed E-state index contributed by atoms with van der Waals surface area (Å²) < 4.78 is 18.7. The van der Waals surface area contributed by atoms with Crippen LogP contribution in [0.25, 0.3) is 0 Å².